The first-order valence-electron chi connectivity index (χ1n) is 17.3. The van der Waals surface area contributed by atoms with Gasteiger partial charge >= 0.3 is 5.97 Å². The monoisotopic (exact) mass is 582 g/mol. The number of hydrogen-bond acceptors (Lipinski definition) is 3. The summed E-state index contributed by atoms with van der Waals surface area (Å²) < 4.78 is 5.75. The van der Waals surface area contributed by atoms with Crippen molar-refractivity contribution >= 4 is 11.5 Å². The molecule has 0 aromatic heterocycles. The van der Waals surface area contributed by atoms with Crippen LogP contribution < -0.4 is 0 Å². The van der Waals surface area contributed by atoms with Crippen LogP contribution in [0.15, 0.2) is 66.7 Å². The van der Waals surface area contributed by atoms with E-state index in [-0.39, 0.29) is 29.0 Å². The third-order valence-electron chi connectivity index (χ3n) is 13.3. The molecule has 0 aliphatic heterocycles. The number of fused-ring (bicyclic) bond motifs is 5. The third-order valence-corrected chi connectivity index (χ3v) is 13.3. The highest BCUT2D eigenvalue weighted by Gasteiger charge is 2.65. The van der Waals surface area contributed by atoms with Gasteiger partial charge in [0.2, 0.25) is 0 Å². The molecule has 0 bridgehead atoms. The highest BCUT2D eigenvalue weighted by molar-refractivity contribution is 5.79. The SMILES string of the molecule is CC[C@@H]1[C@H]2C[C@H](OC(C)=O)CC[C@]2(C)C2CC[C@@]3(C)C(CC[C@@H]3[C@H](C)CC=C(c3ccccc3)c3ccccc3)C2[C@@H]1O. The van der Waals surface area contributed by atoms with Crippen molar-refractivity contribution in [3.05, 3.63) is 77.9 Å². The lowest BCUT2D eigenvalue weighted by atomic mass is 9.41. The molecule has 3 nitrogen and oxygen atoms in total. The summed E-state index contributed by atoms with van der Waals surface area (Å²) >= 11 is 0. The zero-order valence-corrected chi connectivity index (χ0v) is 27.2. The Bertz CT molecular complexity index is 1240. The van der Waals surface area contributed by atoms with Crippen molar-refractivity contribution in [1.29, 1.82) is 0 Å². The molecule has 3 heteroatoms. The molecule has 4 aliphatic rings. The summed E-state index contributed by atoms with van der Waals surface area (Å²) in [7, 11) is 0. The predicted octanol–water partition coefficient (Wildman–Crippen LogP) is 9.34. The van der Waals surface area contributed by atoms with Gasteiger partial charge in [-0.3, -0.25) is 4.79 Å². The first-order valence-corrected chi connectivity index (χ1v) is 17.3. The van der Waals surface area contributed by atoms with E-state index < -0.39 is 0 Å². The molecule has 3 unspecified atom stereocenters. The number of aliphatic hydroxyl groups excluding tert-OH is 1. The molecular weight excluding hydrogens is 528 g/mol. The Morgan fingerprint density at radius 2 is 1.51 bits per heavy atom. The Hall–Kier alpha value is -2.39. The summed E-state index contributed by atoms with van der Waals surface area (Å²) in [6, 6.07) is 21.7. The minimum atomic E-state index is -0.245. The van der Waals surface area contributed by atoms with Crippen molar-refractivity contribution in [2.45, 2.75) is 105 Å². The fraction of sp³-hybridized carbons (Fsp3) is 0.625. The van der Waals surface area contributed by atoms with E-state index in [0.717, 1.165) is 32.1 Å². The molecule has 0 spiro atoms. The molecule has 11 atom stereocenters. The van der Waals surface area contributed by atoms with E-state index in [2.05, 4.69) is 94.4 Å². The lowest BCUT2D eigenvalue weighted by Gasteiger charge is -2.64. The summed E-state index contributed by atoms with van der Waals surface area (Å²) in [6.45, 7) is 11.4. The van der Waals surface area contributed by atoms with E-state index >= 15 is 0 Å². The molecular formula is C40H54O3. The van der Waals surface area contributed by atoms with Gasteiger partial charge in [-0.1, -0.05) is 101 Å². The molecule has 2 aromatic carbocycles. The standard InChI is InChI=1S/C40H54O3/c1-6-31-36-25-30(43-27(3)41)21-23-40(36,5)35-22-24-39(4)33(19-20-34(39)37(35)38(31)42)26(2)17-18-32(28-13-9-7-10-14-28)29-15-11-8-12-16-29/h7-16,18,26,30-31,33-38,42H,6,17,19-25H2,1-5H3/t26-,30-,31-,33-,34?,35?,36-,37?,38-,39-,40-/m1/s1. The maximum Gasteiger partial charge on any atom is 0.302 e. The Morgan fingerprint density at radius 1 is 0.907 bits per heavy atom. The summed E-state index contributed by atoms with van der Waals surface area (Å²) in [6.07, 6.45) is 12.4. The summed E-state index contributed by atoms with van der Waals surface area (Å²) in [5.41, 5.74) is 4.44. The van der Waals surface area contributed by atoms with Gasteiger partial charge in [-0.05, 0) is 120 Å². The summed E-state index contributed by atoms with van der Waals surface area (Å²) in [5.74, 6) is 3.41. The second-order valence-electron chi connectivity index (χ2n) is 15.3. The number of carbonyl (C=O) groups is 1. The van der Waals surface area contributed by atoms with Gasteiger partial charge in [0.25, 0.3) is 0 Å². The van der Waals surface area contributed by atoms with Gasteiger partial charge in [0.05, 0.1) is 6.10 Å². The molecule has 4 saturated carbocycles. The Labute approximate surface area is 260 Å². The molecule has 4 aliphatic carbocycles. The van der Waals surface area contributed by atoms with E-state index in [1.165, 1.54) is 49.3 Å². The third kappa shape index (κ3) is 5.43. The van der Waals surface area contributed by atoms with Crippen LogP contribution in [0.3, 0.4) is 0 Å². The number of allylic oxidation sites excluding steroid dienone is 1. The fourth-order valence-corrected chi connectivity index (χ4v) is 11.4. The topological polar surface area (TPSA) is 46.5 Å². The molecule has 232 valence electrons. The lowest BCUT2D eigenvalue weighted by molar-refractivity contribution is -0.207. The van der Waals surface area contributed by atoms with E-state index in [1.54, 1.807) is 0 Å². The average Bonchev–Trinajstić information content (AvgIpc) is 3.36. The number of ether oxygens (including phenoxy) is 1. The van der Waals surface area contributed by atoms with Crippen LogP contribution in [0.2, 0.25) is 0 Å². The average molecular weight is 583 g/mol. The number of benzene rings is 2. The van der Waals surface area contributed by atoms with Crippen LogP contribution in [-0.2, 0) is 9.53 Å². The molecule has 0 amide bonds. The van der Waals surface area contributed by atoms with Gasteiger partial charge in [0, 0.05) is 6.92 Å². The molecule has 2 aromatic rings. The van der Waals surface area contributed by atoms with Crippen LogP contribution in [0.5, 0.6) is 0 Å². The van der Waals surface area contributed by atoms with E-state index in [4.69, 9.17) is 4.74 Å². The smallest absolute Gasteiger partial charge is 0.302 e. The van der Waals surface area contributed by atoms with Crippen molar-refractivity contribution in [3.63, 3.8) is 0 Å². The maximum absolute atomic E-state index is 12.2. The Morgan fingerprint density at radius 3 is 2.12 bits per heavy atom. The maximum atomic E-state index is 12.2. The van der Waals surface area contributed by atoms with Gasteiger partial charge in [0.15, 0.2) is 0 Å². The van der Waals surface area contributed by atoms with Gasteiger partial charge < -0.3 is 9.84 Å². The van der Waals surface area contributed by atoms with Crippen molar-refractivity contribution < 1.29 is 14.6 Å². The summed E-state index contributed by atoms with van der Waals surface area (Å²) in [5, 5.41) is 12.2. The van der Waals surface area contributed by atoms with Crippen LogP contribution in [0.4, 0.5) is 0 Å². The minimum Gasteiger partial charge on any atom is -0.463 e. The second-order valence-corrected chi connectivity index (χ2v) is 15.3. The lowest BCUT2D eigenvalue weighted by Crippen LogP contribution is -2.62. The molecule has 0 radical (unpaired) electrons. The van der Waals surface area contributed by atoms with Crippen molar-refractivity contribution in [1.82, 2.24) is 0 Å². The normalized spacial score (nSPS) is 39.1. The second kappa shape index (κ2) is 12.2. The van der Waals surface area contributed by atoms with Crippen LogP contribution in [0.1, 0.15) is 104 Å². The Kier molecular flexibility index (Phi) is 8.68. The highest BCUT2D eigenvalue weighted by Crippen LogP contribution is 2.69. The number of rotatable bonds is 7. The van der Waals surface area contributed by atoms with Crippen molar-refractivity contribution in [2.24, 2.45) is 52.3 Å². The molecule has 4 fully saturated rings. The van der Waals surface area contributed by atoms with Gasteiger partial charge in [0.1, 0.15) is 6.10 Å². The largest absolute Gasteiger partial charge is 0.463 e. The number of hydrogen-bond donors (Lipinski definition) is 1. The molecule has 0 saturated heterocycles. The number of carbonyl (C=O) groups excluding carboxylic acids is 1. The predicted molar refractivity (Wildman–Crippen MR) is 175 cm³/mol. The first kappa shape index (κ1) is 30.6. The first-order chi connectivity index (χ1) is 20.7. The Balaban J connectivity index is 1.24. The van der Waals surface area contributed by atoms with E-state index in [0.29, 0.717) is 41.4 Å². The van der Waals surface area contributed by atoms with Crippen LogP contribution >= 0.6 is 0 Å². The van der Waals surface area contributed by atoms with Gasteiger partial charge in [-0.15, -0.1) is 0 Å². The van der Waals surface area contributed by atoms with Crippen LogP contribution in [0.25, 0.3) is 5.57 Å². The van der Waals surface area contributed by atoms with Gasteiger partial charge in [-0.2, -0.15) is 0 Å². The molecule has 6 rings (SSSR count). The van der Waals surface area contributed by atoms with Gasteiger partial charge in [-0.25, -0.2) is 0 Å². The minimum absolute atomic E-state index is 0.0173. The zero-order valence-electron chi connectivity index (χ0n) is 27.2. The van der Waals surface area contributed by atoms with Crippen molar-refractivity contribution in [2.75, 3.05) is 0 Å². The zero-order chi connectivity index (χ0) is 30.4. The summed E-state index contributed by atoms with van der Waals surface area (Å²) in [4.78, 5) is 11.8. The number of esters is 1. The fourth-order valence-electron chi connectivity index (χ4n) is 11.4. The van der Waals surface area contributed by atoms with E-state index in [9.17, 15) is 9.90 Å². The quantitative estimate of drug-likeness (QED) is 0.331. The highest BCUT2D eigenvalue weighted by atomic mass is 16.5. The van der Waals surface area contributed by atoms with Crippen molar-refractivity contribution in [3.8, 4) is 0 Å². The van der Waals surface area contributed by atoms with Crippen LogP contribution in [0, 0.1) is 52.3 Å². The molecule has 43 heavy (non-hydrogen) atoms. The van der Waals surface area contributed by atoms with Crippen LogP contribution in [-0.4, -0.2) is 23.3 Å². The number of aliphatic hydroxyl groups is 1. The molecule has 0 heterocycles. The van der Waals surface area contributed by atoms with E-state index in [1.807, 2.05) is 0 Å². The molecule has 1 N–H and O–H groups in total.